The summed E-state index contributed by atoms with van der Waals surface area (Å²) in [5.41, 5.74) is 28.3. The molecule has 0 aliphatic carbocycles. The van der Waals surface area contributed by atoms with Crippen molar-refractivity contribution in [1.82, 2.24) is 39.9 Å². The number of hydrogen-bond acceptors (Lipinski definition) is 18. The SMILES string of the molecule is Cc1cc(C)nc(N)n1.Cc1cc(C)nc(N)n1.Cc1cc(C)nc(N)n1.Cc1cc(C)nc(N)n1.O=C([O-])c1cccc(C(=O)O)c1.O=C([O-])c1cccc(C(=O)O)c1.[Cu+2]. The molecule has 0 saturated carbocycles. The Labute approximate surface area is 362 Å². The van der Waals surface area contributed by atoms with Crippen molar-refractivity contribution in [3.05, 3.63) is 141 Å². The molecule has 325 valence electrons. The molecule has 0 aliphatic rings. The van der Waals surface area contributed by atoms with Crippen molar-refractivity contribution in [3.8, 4) is 0 Å². The minimum absolute atomic E-state index is 0. The van der Waals surface area contributed by atoms with E-state index in [0.29, 0.717) is 23.8 Å². The first-order chi connectivity index (χ1) is 27.9. The molecule has 2 aromatic carbocycles. The Balaban J connectivity index is 0.000000709. The number of nitrogens with zero attached hydrogens (tertiary/aromatic N) is 8. The third kappa shape index (κ3) is 22.8. The van der Waals surface area contributed by atoms with Crippen LogP contribution in [-0.2, 0) is 17.1 Å². The van der Waals surface area contributed by atoms with Gasteiger partial charge in [0, 0.05) is 45.6 Å². The summed E-state index contributed by atoms with van der Waals surface area (Å²) in [5.74, 6) is -3.65. The van der Waals surface area contributed by atoms with E-state index in [4.69, 9.17) is 33.1 Å². The number of carboxylic acids is 4. The molecule has 0 unspecified atom stereocenters. The Bertz CT molecular complexity index is 1890. The molecule has 0 atom stereocenters. The second-order valence-electron chi connectivity index (χ2n) is 12.4. The molecule has 0 aliphatic heterocycles. The Hall–Kier alpha value is -7.64. The Morgan fingerprint density at radius 3 is 0.721 bits per heavy atom. The summed E-state index contributed by atoms with van der Waals surface area (Å²) in [6.07, 6.45) is 0. The van der Waals surface area contributed by atoms with Gasteiger partial charge in [-0.05, 0) is 115 Å². The molecule has 0 saturated heterocycles. The van der Waals surface area contributed by atoms with Gasteiger partial charge in [0.1, 0.15) is 0 Å². The number of rotatable bonds is 4. The largest absolute Gasteiger partial charge is 2.00 e. The van der Waals surface area contributed by atoms with E-state index >= 15 is 0 Å². The van der Waals surface area contributed by atoms with Crippen LogP contribution in [0.4, 0.5) is 23.8 Å². The number of anilines is 4. The fraction of sp³-hybridized carbons (Fsp3) is 0.200. The standard InChI is InChI=1S/2C8H6O4.4C6H9N3.Cu/c2*9-7(10)5-2-1-3-6(4-5)8(11)12;4*1-4-3-5(2)9-6(7)8-4;/h2*1-4H,(H,9,10)(H,11,12);4*3H,1-2H3,(H2,7,8,9);/q;;;;;;+2/p-2. The summed E-state index contributed by atoms with van der Waals surface area (Å²) in [5, 5.41) is 37.5. The van der Waals surface area contributed by atoms with E-state index < -0.39 is 23.9 Å². The van der Waals surface area contributed by atoms with Crippen LogP contribution in [0.3, 0.4) is 0 Å². The predicted octanol–water partition coefficient (Wildman–Crippen LogP) is 2.20. The van der Waals surface area contributed by atoms with Crippen LogP contribution in [-0.4, -0.2) is 74.0 Å². The first-order valence-corrected chi connectivity index (χ1v) is 17.4. The zero-order valence-corrected chi connectivity index (χ0v) is 35.4. The molecular formula is C40H46CuN12O8. The number of carboxylic acid groups (broad SMARTS) is 4. The Kier molecular flexibility index (Phi) is 23.1. The molecule has 10 N–H and O–H groups in total. The number of aromatic nitrogens is 8. The Morgan fingerprint density at radius 1 is 0.393 bits per heavy atom. The van der Waals surface area contributed by atoms with Gasteiger partial charge in [0.15, 0.2) is 0 Å². The minimum Gasteiger partial charge on any atom is -0.545 e. The van der Waals surface area contributed by atoms with Crippen LogP contribution in [0.1, 0.15) is 87.0 Å². The number of aromatic carboxylic acids is 4. The summed E-state index contributed by atoms with van der Waals surface area (Å²) in [6.45, 7) is 15.2. The van der Waals surface area contributed by atoms with Gasteiger partial charge in [0.2, 0.25) is 23.8 Å². The fourth-order valence-electron chi connectivity index (χ4n) is 4.57. The van der Waals surface area contributed by atoms with Crippen LogP contribution in [0, 0.1) is 55.4 Å². The first kappa shape index (κ1) is 53.4. The van der Waals surface area contributed by atoms with Crippen molar-refractivity contribution in [3.63, 3.8) is 0 Å². The number of carbonyl (C=O) groups is 4. The average molecular weight is 886 g/mol. The molecular weight excluding hydrogens is 840 g/mol. The van der Waals surface area contributed by atoms with Crippen molar-refractivity contribution in [2.75, 3.05) is 22.9 Å². The van der Waals surface area contributed by atoms with Crippen LogP contribution in [0.5, 0.6) is 0 Å². The van der Waals surface area contributed by atoms with E-state index in [9.17, 15) is 29.4 Å². The molecule has 6 aromatic rings. The molecule has 4 heterocycles. The molecule has 61 heavy (non-hydrogen) atoms. The van der Waals surface area contributed by atoms with Gasteiger partial charge in [-0.1, -0.05) is 24.3 Å². The molecule has 0 fully saturated rings. The van der Waals surface area contributed by atoms with E-state index in [2.05, 4.69) is 39.9 Å². The van der Waals surface area contributed by atoms with Crippen LogP contribution in [0.25, 0.3) is 0 Å². The summed E-state index contributed by atoms with van der Waals surface area (Å²) >= 11 is 0. The van der Waals surface area contributed by atoms with Gasteiger partial charge in [-0.25, -0.2) is 49.5 Å². The van der Waals surface area contributed by atoms with Crippen LogP contribution >= 0.6 is 0 Å². The van der Waals surface area contributed by atoms with Crippen LogP contribution in [0.2, 0.25) is 0 Å². The molecule has 4 aromatic heterocycles. The zero-order chi connectivity index (χ0) is 45.7. The van der Waals surface area contributed by atoms with Crippen molar-refractivity contribution in [2.45, 2.75) is 55.4 Å². The maximum atomic E-state index is 10.4. The normalized spacial score (nSPS) is 9.31. The van der Waals surface area contributed by atoms with E-state index in [1.807, 2.05) is 79.7 Å². The second-order valence-corrected chi connectivity index (χ2v) is 12.4. The minimum atomic E-state index is -1.38. The van der Waals surface area contributed by atoms with Crippen molar-refractivity contribution in [2.24, 2.45) is 0 Å². The number of nitrogens with two attached hydrogens (primary N) is 4. The monoisotopic (exact) mass is 885 g/mol. The van der Waals surface area contributed by atoms with E-state index in [-0.39, 0.29) is 39.3 Å². The molecule has 1 radical (unpaired) electrons. The van der Waals surface area contributed by atoms with E-state index in [1.54, 1.807) is 0 Å². The Morgan fingerprint density at radius 2 is 0.574 bits per heavy atom. The molecule has 20 nitrogen and oxygen atoms in total. The summed E-state index contributed by atoms with van der Waals surface area (Å²) in [6, 6.07) is 17.5. The van der Waals surface area contributed by atoms with E-state index in [0.717, 1.165) is 57.7 Å². The van der Waals surface area contributed by atoms with Gasteiger partial charge >= 0.3 is 29.0 Å². The second kappa shape index (κ2) is 26.4. The molecule has 0 amide bonds. The van der Waals surface area contributed by atoms with Gasteiger partial charge in [-0.3, -0.25) is 0 Å². The smallest absolute Gasteiger partial charge is 0.545 e. The van der Waals surface area contributed by atoms with Gasteiger partial charge in [-0.2, -0.15) is 0 Å². The topological polar surface area (TPSA) is 362 Å². The zero-order valence-electron chi connectivity index (χ0n) is 34.5. The molecule has 21 heteroatoms. The number of hydrogen-bond donors (Lipinski definition) is 6. The summed E-state index contributed by atoms with van der Waals surface area (Å²) < 4.78 is 0. The van der Waals surface area contributed by atoms with Gasteiger partial charge in [0.05, 0.1) is 23.1 Å². The number of benzene rings is 2. The van der Waals surface area contributed by atoms with Gasteiger partial charge < -0.3 is 52.9 Å². The van der Waals surface area contributed by atoms with Crippen LogP contribution in [0.15, 0.2) is 72.8 Å². The maximum Gasteiger partial charge on any atom is 2.00 e. The number of aryl methyl sites for hydroxylation is 8. The summed E-state index contributed by atoms with van der Waals surface area (Å²) in [7, 11) is 0. The molecule has 0 spiro atoms. The van der Waals surface area contributed by atoms with Gasteiger partial charge in [0.25, 0.3) is 0 Å². The number of carbonyl (C=O) groups excluding carboxylic acids is 2. The third-order valence-electron chi connectivity index (χ3n) is 6.69. The first-order valence-electron chi connectivity index (χ1n) is 17.4. The van der Waals surface area contributed by atoms with Crippen molar-refractivity contribution in [1.29, 1.82) is 0 Å². The third-order valence-corrected chi connectivity index (χ3v) is 6.69. The molecule has 0 bridgehead atoms. The summed E-state index contributed by atoms with van der Waals surface area (Å²) in [4.78, 5) is 72.5. The quantitative estimate of drug-likeness (QED) is 0.138. The molecule has 6 rings (SSSR count). The van der Waals surface area contributed by atoms with E-state index in [1.165, 1.54) is 36.4 Å². The van der Waals surface area contributed by atoms with Crippen LogP contribution < -0.4 is 33.1 Å². The van der Waals surface area contributed by atoms with Gasteiger partial charge in [-0.15, -0.1) is 0 Å². The fourth-order valence-corrected chi connectivity index (χ4v) is 4.57. The maximum absolute atomic E-state index is 10.4. The van der Waals surface area contributed by atoms with Crippen molar-refractivity contribution < 1.29 is 56.7 Å². The van der Waals surface area contributed by atoms with Crippen molar-refractivity contribution >= 4 is 47.7 Å². The number of nitrogen functional groups attached to an aromatic ring is 4. The average Bonchev–Trinajstić information content (AvgIpc) is 3.11. The predicted molar refractivity (Wildman–Crippen MR) is 219 cm³/mol.